The maximum Gasteiger partial charge on any atom is 0.302 e. The molecule has 5 nitrogen and oxygen atoms in total. The number of carbonyl (C=O) groups is 2. The van der Waals surface area contributed by atoms with E-state index in [0.29, 0.717) is 49.0 Å². The fourth-order valence-electron chi connectivity index (χ4n) is 9.22. The summed E-state index contributed by atoms with van der Waals surface area (Å²) in [4.78, 5) is 24.5. The predicted molar refractivity (Wildman–Crippen MR) is 136 cm³/mol. The zero-order valence-electron chi connectivity index (χ0n) is 22.6. The smallest absolute Gasteiger partial charge is 0.302 e. The van der Waals surface area contributed by atoms with Gasteiger partial charge in [-0.2, -0.15) is 0 Å². The third-order valence-corrected chi connectivity index (χ3v) is 11.5. The molecule has 35 heavy (non-hydrogen) atoms. The molecule has 0 spiro atoms. The van der Waals surface area contributed by atoms with Crippen molar-refractivity contribution in [2.24, 2.45) is 46.3 Å². The van der Waals surface area contributed by atoms with Gasteiger partial charge in [0, 0.05) is 31.1 Å². The quantitative estimate of drug-likeness (QED) is 0.367. The van der Waals surface area contributed by atoms with Gasteiger partial charge in [0.25, 0.3) is 0 Å². The Kier molecular flexibility index (Phi) is 7.36. The maximum absolute atomic E-state index is 13.4. The molecule has 10 atom stereocenters. The lowest BCUT2D eigenvalue weighted by atomic mass is 9.42. The average Bonchev–Trinajstić information content (AvgIpc) is 3.15. The van der Waals surface area contributed by atoms with Gasteiger partial charge in [-0.3, -0.25) is 9.59 Å². The summed E-state index contributed by atoms with van der Waals surface area (Å²) in [5.74, 6) is 2.41. The lowest BCUT2D eigenvalue weighted by Gasteiger charge is -2.63. The molecule has 4 rings (SSSR count). The van der Waals surface area contributed by atoms with E-state index >= 15 is 0 Å². The number of ether oxygens (including phenoxy) is 1. The van der Waals surface area contributed by atoms with Crippen molar-refractivity contribution in [1.82, 2.24) is 0 Å². The molecule has 0 radical (unpaired) electrons. The van der Waals surface area contributed by atoms with Crippen LogP contribution >= 0.6 is 0 Å². The molecule has 4 aliphatic rings. The summed E-state index contributed by atoms with van der Waals surface area (Å²) in [6.07, 6.45) is 8.26. The Balaban J connectivity index is 1.44. The van der Waals surface area contributed by atoms with Crippen LogP contribution in [0.1, 0.15) is 98.8 Å². The molecule has 0 bridgehead atoms. The van der Waals surface area contributed by atoms with Crippen molar-refractivity contribution in [2.45, 2.75) is 111 Å². The monoisotopic (exact) mass is 488 g/mol. The Bertz CT molecular complexity index is 852. The number of fused-ring (bicyclic) bond motifs is 5. The van der Waals surface area contributed by atoms with Crippen molar-refractivity contribution < 1.29 is 24.5 Å². The minimum atomic E-state index is -1.35. The van der Waals surface area contributed by atoms with Crippen LogP contribution in [-0.2, 0) is 14.3 Å². The van der Waals surface area contributed by atoms with E-state index in [4.69, 9.17) is 4.74 Å². The molecule has 3 unspecified atom stereocenters. The Hall–Kier alpha value is -1.20. The van der Waals surface area contributed by atoms with E-state index in [2.05, 4.69) is 34.3 Å². The predicted octanol–water partition coefficient (Wildman–Crippen LogP) is 5.47. The average molecular weight is 489 g/mol. The molecule has 0 aromatic heterocycles. The van der Waals surface area contributed by atoms with Crippen molar-refractivity contribution in [3.8, 4) is 0 Å². The van der Waals surface area contributed by atoms with Crippen LogP contribution < -0.4 is 0 Å². The maximum atomic E-state index is 13.4. The van der Waals surface area contributed by atoms with Crippen LogP contribution in [0.2, 0.25) is 0 Å². The molecule has 0 aliphatic heterocycles. The van der Waals surface area contributed by atoms with E-state index in [1.54, 1.807) is 0 Å². The van der Waals surface area contributed by atoms with E-state index in [1.165, 1.54) is 26.2 Å². The number of aliphatic hydroxyl groups is 2. The van der Waals surface area contributed by atoms with Gasteiger partial charge in [-0.1, -0.05) is 39.8 Å². The molecular formula is C30H48O5. The SMILES string of the molecule is C=C(CC[C@@H](C)[C@H]1CCC2C3CC(=O)[C@@]4(O)C[C@@H](O)CC[C@]4(C)C3CC[C@@]21C)[C@@H](C)COC(C)=O. The highest BCUT2D eigenvalue weighted by molar-refractivity contribution is 5.89. The van der Waals surface area contributed by atoms with Crippen LogP contribution in [0.25, 0.3) is 0 Å². The number of rotatable bonds is 7. The van der Waals surface area contributed by atoms with Gasteiger partial charge in [-0.05, 0) is 86.4 Å². The Morgan fingerprint density at radius 3 is 2.54 bits per heavy atom. The van der Waals surface area contributed by atoms with Crippen LogP contribution in [0.5, 0.6) is 0 Å². The molecule has 0 amide bonds. The van der Waals surface area contributed by atoms with Crippen LogP contribution in [-0.4, -0.2) is 40.3 Å². The summed E-state index contributed by atoms with van der Waals surface area (Å²) in [7, 11) is 0. The van der Waals surface area contributed by atoms with Gasteiger partial charge in [0.05, 0.1) is 12.7 Å². The third-order valence-electron chi connectivity index (χ3n) is 11.5. The van der Waals surface area contributed by atoms with E-state index in [-0.39, 0.29) is 29.5 Å². The van der Waals surface area contributed by atoms with Crippen LogP contribution in [0.15, 0.2) is 12.2 Å². The fraction of sp³-hybridized carbons (Fsp3) is 0.867. The third kappa shape index (κ3) is 4.43. The Morgan fingerprint density at radius 2 is 1.86 bits per heavy atom. The van der Waals surface area contributed by atoms with Gasteiger partial charge in [-0.15, -0.1) is 0 Å². The van der Waals surface area contributed by atoms with Crippen LogP contribution in [0.4, 0.5) is 0 Å². The molecule has 5 heteroatoms. The van der Waals surface area contributed by atoms with Gasteiger partial charge in [0.2, 0.25) is 0 Å². The largest absolute Gasteiger partial charge is 0.465 e. The molecule has 4 saturated carbocycles. The summed E-state index contributed by atoms with van der Waals surface area (Å²) in [5, 5.41) is 21.8. The first-order valence-electron chi connectivity index (χ1n) is 14.1. The Morgan fingerprint density at radius 1 is 1.14 bits per heavy atom. The molecule has 0 aromatic rings. The van der Waals surface area contributed by atoms with E-state index < -0.39 is 17.1 Å². The van der Waals surface area contributed by atoms with Crippen LogP contribution in [0, 0.1) is 46.3 Å². The fourth-order valence-corrected chi connectivity index (χ4v) is 9.22. The molecule has 4 aliphatic carbocycles. The zero-order chi connectivity index (χ0) is 25.8. The first-order valence-corrected chi connectivity index (χ1v) is 14.1. The van der Waals surface area contributed by atoms with E-state index in [9.17, 15) is 19.8 Å². The number of hydrogen-bond acceptors (Lipinski definition) is 5. The minimum Gasteiger partial charge on any atom is -0.465 e. The number of carbonyl (C=O) groups excluding carboxylic acids is 2. The Labute approximate surface area is 212 Å². The van der Waals surface area contributed by atoms with Crippen molar-refractivity contribution >= 4 is 11.8 Å². The topological polar surface area (TPSA) is 83.8 Å². The van der Waals surface area contributed by atoms with Gasteiger partial charge >= 0.3 is 5.97 Å². The molecule has 2 N–H and O–H groups in total. The number of ketones is 1. The lowest BCUT2D eigenvalue weighted by Crippen LogP contribution is -2.67. The molecular weight excluding hydrogens is 440 g/mol. The summed E-state index contributed by atoms with van der Waals surface area (Å²) in [6.45, 7) is 15.2. The summed E-state index contributed by atoms with van der Waals surface area (Å²) in [6, 6.07) is 0. The zero-order valence-corrected chi connectivity index (χ0v) is 22.6. The second-order valence-electron chi connectivity index (χ2n) is 13.3. The van der Waals surface area contributed by atoms with E-state index in [0.717, 1.165) is 31.3 Å². The normalized spacial score (nSPS) is 44.5. The van der Waals surface area contributed by atoms with Crippen molar-refractivity contribution in [3.63, 3.8) is 0 Å². The first kappa shape index (κ1) is 26.9. The summed E-state index contributed by atoms with van der Waals surface area (Å²) >= 11 is 0. The lowest BCUT2D eigenvalue weighted by molar-refractivity contribution is -0.213. The standard InChI is InChI=1S/C30H48O5/c1-18(20(3)17-35-21(4)31)7-8-19(2)24-9-10-25-23-15-27(33)30(34)16-22(32)11-14-29(30,6)26(23)12-13-28(24,25)5/h19-20,22-26,32,34H,1,7-17H2,2-6H3/t19-,20+,22+,23?,24-,25?,26?,28-,29-,30+/m1/s1. The molecule has 0 heterocycles. The molecule has 4 fully saturated rings. The van der Waals surface area contributed by atoms with Crippen molar-refractivity contribution in [2.75, 3.05) is 6.61 Å². The number of hydrogen-bond donors (Lipinski definition) is 2. The van der Waals surface area contributed by atoms with Crippen molar-refractivity contribution in [1.29, 1.82) is 0 Å². The van der Waals surface area contributed by atoms with Gasteiger partial charge < -0.3 is 14.9 Å². The van der Waals surface area contributed by atoms with Gasteiger partial charge in [-0.25, -0.2) is 0 Å². The van der Waals surface area contributed by atoms with Crippen molar-refractivity contribution in [3.05, 3.63) is 12.2 Å². The van der Waals surface area contributed by atoms with Crippen LogP contribution in [0.3, 0.4) is 0 Å². The van der Waals surface area contributed by atoms with Gasteiger partial charge in [0.15, 0.2) is 5.78 Å². The van der Waals surface area contributed by atoms with E-state index in [1.807, 2.05) is 0 Å². The van der Waals surface area contributed by atoms with Gasteiger partial charge in [0.1, 0.15) is 5.60 Å². The number of esters is 1. The highest BCUT2D eigenvalue weighted by Crippen LogP contribution is 2.68. The second-order valence-corrected chi connectivity index (χ2v) is 13.3. The second kappa shape index (κ2) is 9.59. The molecule has 0 aromatic carbocycles. The highest BCUT2D eigenvalue weighted by atomic mass is 16.5. The number of aliphatic hydroxyl groups excluding tert-OH is 1. The summed E-state index contributed by atoms with van der Waals surface area (Å²) < 4.78 is 5.18. The minimum absolute atomic E-state index is 0.0150. The number of Topliss-reactive ketones (excluding diaryl/α,β-unsaturated/α-hetero) is 1. The first-order chi connectivity index (χ1) is 16.3. The highest BCUT2D eigenvalue weighted by Gasteiger charge is 2.67. The molecule has 0 saturated heterocycles. The summed E-state index contributed by atoms with van der Waals surface area (Å²) in [5.41, 5.74) is -0.363. The molecule has 198 valence electrons.